The normalized spacial score (nSPS) is 20.4. The minimum Gasteiger partial charge on any atom is -0.496 e. The molecule has 156 valence electrons. The van der Waals surface area contributed by atoms with Gasteiger partial charge >= 0.3 is 0 Å². The molecule has 8 heteroatoms. The highest BCUT2D eigenvalue weighted by Crippen LogP contribution is 2.38. The summed E-state index contributed by atoms with van der Waals surface area (Å²) in [4.78, 5) is 14.0. The average molecular weight is 399 g/mol. The third-order valence-electron chi connectivity index (χ3n) is 6.41. The number of benzene rings is 1. The fourth-order valence-corrected chi connectivity index (χ4v) is 4.80. The number of tetrazole rings is 1. The summed E-state index contributed by atoms with van der Waals surface area (Å²) in [5.41, 5.74) is 6.60. The number of aromatic nitrogens is 4. The summed E-state index contributed by atoms with van der Waals surface area (Å²) in [7, 11) is 1.69. The molecule has 0 spiro atoms. The summed E-state index contributed by atoms with van der Waals surface area (Å²) in [6.07, 6.45) is 7.45. The van der Waals surface area contributed by atoms with Crippen LogP contribution in [0, 0.1) is 5.92 Å². The van der Waals surface area contributed by atoms with Gasteiger partial charge in [-0.3, -0.25) is 9.69 Å². The highest BCUT2D eigenvalue weighted by molar-refractivity contribution is 5.76. The molecule has 4 rings (SSSR count). The van der Waals surface area contributed by atoms with Crippen molar-refractivity contribution in [1.82, 2.24) is 25.1 Å². The maximum absolute atomic E-state index is 11.6. The first kappa shape index (κ1) is 19.8. The number of amides is 1. The monoisotopic (exact) mass is 398 g/mol. The smallest absolute Gasteiger partial charge is 0.220 e. The molecule has 1 saturated heterocycles. The summed E-state index contributed by atoms with van der Waals surface area (Å²) in [6.45, 7) is 1.54. The number of ether oxygens (including phenoxy) is 1. The Morgan fingerprint density at radius 1 is 1.14 bits per heavy atom. The number of carbonyl (C=O) groups excluding carboxylic acids is 1. The number of carbonyl (C=O) groups is 1. The van der Waals surface area contributed by atoms with E-state index in [1.807, 2.05) is 22.9 Å². The topological polar surface area (TPSA) is 99.2 Å². The summed E-state index contributed by atoms with van der Waals surface area (Å²) < 4.78 is 7.72. The van der Waals surface area contributed by atoms with Crippen LogP contribution in [0.4, 0.5) is 0 Å². The van der Waals surface area contributed by atoms with E-state index in [9.17, 15) is 4.79 Å². The molecule has 2 aromatic rings. The van der Waals surface area contributed by atoms with E-state index in [1.54, 1.807) is 7.11 Å². The molecule has 0 radical (unpaired) electrons. The first-order valence-corrected chi connectivity index (χ1v) is 10.6. The van der Waals surface area contributed by atoms with Crippen molar-refractivity contribution in [1.29, 1.82) is 0 Å². The van der Waals surface area contributed by atoms with Crippen LogP contribution in [0.15, 0.2) is 24.3 Å². The average Bonchev–Trinajstić information content (AvgIpc) is 3.25. The van der Waals surface area contributed by atoms with Gasteiger partial charge in [0.25, 0.3) is 0 Å². The maximum Gasteiger partial charge on any atom is 0.220 e. The van der Waals surface area contributed by atoms with Crippen LogP contribution < -0.4 is 10.5 Å². The lowest BCUT2D eigenvalue weighted by molar-refractivity contribution is -0.123. The van der Waals surface area contributed by atoms with Crippen LogP contribution in [0.1, 0.15) is 68.4 Å². The fourth-order valence-electron chi connectivity index (χ4n) is 4.80. The fraction of sp³-hybridized carbons (Fsp3) is 0.619. The van der Waals surface area contributed by atoms with Gasteiger partial charge in [-0.15, -0.1) is 5.10 Å². The Labute approximate surface area is 171 Å². The van der Waals surface area contributed by atoms with E-state index in [0.717, 1.165) is 55.9 Å². The van der Waals surface area contributed by atoms with Crippen LogP contribution >= 0.6 is 0 Å². The lowest BCUT2D eigenvalue weighted by Crippen LogP contribution is -2.42. The second-order valence-corrected chi connectivity index (χ2v) is 8.13. The van der Waals surface area contributed by atoms with E-state index < -0.39 is 0 Å². The first-order chi connectivity index (χ1) is 14.2. The molecule has 1 aliphatic carbocycles. The van der Waals surface area contributed by atoms with Crippen molar-refractivity contribution >= 4 is 5.91 Å². The zero-order valence-corrected chi connectivity index (χ0v) is 17.0. The number of hydrogen-bond donors (Lipinski definition) is 1. The number of piperidine rings is 1. The van der Waals surface area contributed by atoms with E-state index in [2.05, 4.69) is 26.5 Å². The number of hydrogen-bond acceptors (Lipinski definition) is 6. The van der Waals surface area contributed by atoms with Crippen LogP contribution in [0.3, 0.4) is 0 Å². The first-order valence-electron chi connectivity index (χ1n) is 10.6. The number of para-hydroxylation sites is 1. The van der Waals surface area contributed by atoms with Gasteiger partial charge in [0.1, 0.15) is 11.8 Å². The van der Waals surface area contributed by atoms with E-state index in [4.69, 9.17) is 10.5 Å². The molecule has 2 heterocycles. The minimum absolute atomic E-state index is 0.0566. The molecule has 29 heavy (non-hydrogen) atoms. The van der Waals surface area contributed by atoms with Crippen molar-refractivity contribution in [3.8, 4) is 5.75 Å². The van der Waals surface area contributed by atoms with Gasteiger partial charge < -0.3 is 10.5 Å². The summed E-state index contributed by atoms with van der Waals surface area (Å²) in [6, 6.07) is 8.29. The maximum atomic E-state index is 11.6. The lowest BCUT2D eigenvalue weighted by atomic mass is 9.92. The van der Waals surface area contributed by atoms with Crippen molar-refractivity contribution in [3.05, 3.63) is 35.7 Å². The van der Waals surface area contributed by atoms with Gasteiger partial charge in [0.05, 0.1) is 13.2 Å². The number of nitrogens with zero attached hydrogens (tertiary/aromatic N) is 5. The third kappa shape index (κ3) is 4.12. The molecule has 1 aliphatic heterocycles. The second-order valence-electron chi connectivity index (χ2n) is 8.13. The van der Waals surface area contributed by atoms with Gasteiger partial charge in [-0.2, -0.15) is 0 Å². The Morgan fingerprint density at radius 3 is 2.55 bits per heavy atom. The van der Waals surface area contributed by atoms with Crippen LogP contribution in [0.2, 0.25) is 0 Å². The van der Waals surface area contributed by atoms with Crippen molar-refractivity contribution < 1.29 is 9.53 Å². The van der Waals surface area contributed by atoms with E-state index in [0.29, 0.717) is 6.04 Å². The second kappa shape index (κ2) is 8.90. The molecule has 1 atom stereocenters. The molecule has 2 fully saturated rings. The highest BCUT2D eigenvalue weighted by atomic mass is 16.5. The molecule has 1 amide bonds. The molecule has 1 saturated carbocycles. The predicted octanol–water partition coefficient (Wildman–Crippen LogP) is 2.47. The molecular weight excluding hydrogens is 368 g/mol. The van der Waals surface area contributed by atoms with Gasteiger partial charge in [-0.05, 0) is 55.3 Å². The van der Waals surface area contributed by atoms with Gasteiger partial charge in [0, 0.05) is 11.5 Å². The Bertz CT molecular complexity index is 824. The van der Waals surface area contributed by atoms with Crippen LogP contribution in [-0.4, -0.2) is 51.2 Å². The van der Waals surface area contributed by atoms with Crippen LogP contribution in [0.25, 0.3) is 0 Å². The van der Waals surface area contributed by atoms with Crippen molar-refractivity contribution in [2.24, 2.45) is 11.7 Å². The third-order valence-corrected chi connectivity index (χ3v) is 6.41. The summed E-state index contributed by atoms with van der Waals surface area (Å²) >= 11 is 0. The van der Waals surface area contributed by atoms with Crippen molar-refractivity contribution in [3.63, 3.8) is 0 Å². The molecule has 1 aromatic heterocycles. The molecule has 1 aromatic carbocycles. The molecule has 2 aliphatic rings. The Hall–Kier alpha value is -2.48. The number of primary amides is 1. The van der Waals surface area contributed by atoms with Gasteiger partial charge in [-0.1, -0.05) is 37.5 Å². The molecule has 2 N–H and O–H groups in total. The Morgan fingerprint density at radius 2 is 1.86 bits per heavy atom. The Balaban J connectivity index is 1.70. The van der Waals surface area contributed by atoms with E-state index >= 15 is 0 Å². The number of rotatable bonds is 6. The summed E-state index contributed by atoms with van der Waals surface area (Å²) in [5, 5.41) is 12.9. The van der Waals surface area contributed by atoms with E-state index in [1.165, 1.54) is 19.3 Å². The van der Waals surface area contributed by atoms with Crippen LogP contribution in [-0.2, 0) is 4.79 Å². The summed E-state index contributed by atoms with van der Waals surface area (Å²) in [5.74, 6) is 1.43. The van der Waals surface area contributed by atoms with Crippen LogP contribution in [0.5, 0.6) is 5.75 Å². The molecule has 1 unspecified atom stereocenters. The molecular formula is C21H30N6O2. The zero-order valence-electron chi connectivity index (χ0n) is 17.0. The number of likely N-dealkylation sites (tertiary alicyclic amines) is 1. The van der Waals surface area contributed by atoms with E-state index in [-0.39, 0.29) is 17.9 Å². The standard InChI is InChI=1S/C21H30N6O2/c1-29-18-10-6-5-9-17(18)19(26-13-11-15(12-14-26)20(22)28)21-23-24-25-27(21)16-7-3-2-4-8-16/h5-6,9-10,15-16,19H,2-4,7-8,11-14H2,1H3,(H2,22,28). The Kier molecular flexibility index (Phi) is 6.08. The van der Waals surface area contributed by atoms with Crippen molar-refractivity contribution in [2.75, 3.05) is 20.2 Å². The zero-order chi connectivity index (χ0) is 20.2. The lowest BCUT2D eigenvalue weighted by Gasteiger charge is -2.37. The van der Waals surface area contributed by atoms with Gasteiger partial charge in [0.2, 0.25) is 5.91 Å². The number of methoxy groups -OCH3 is 1. The largest absolute Gasteiger partial charge is 0.496 e. The highest BCUT2D eigenvalue weighted by Gasteiger charge is 2.35. The van der Waals surface area contributed by atoms with Gasteiger partial charge in [0.15, 0.2) is 5.82 Å². The number of nitrogens with two attached hydrogens (primary N) is 1. The quantitative estimate of drug-likeness (QED) is 0.802. The SMILES string of the molecule is COc1ccccc1C(c1nnnn1C1CCCCC1)N1CCC(C(N)=O)CC1. The minimum atomic E-state index is -0.203. The van der Waals surface area contributed by atoms with Crippen molar-refractivity contribution in [2.45, 2.75) is 57.0 Å². The molecule has 8 nitrogen and oxygen atoms in total. The molecule has 0 bridgehead atoms. The van der Waals surface area contributed by atoms with Gasteiger partial charge in [-0.25, -0.2) is 4.68 Å². The predicted molar refractivity (Wildman–Crippen MR) is 108 cm³/mol.